The van der Waals surface area contributed by atoms with Crippen LogP contribution >= 0.6 is 0 Å². The van der Waals surface area contributed by atoms with Crippen molar-refractivity contribution in [3.8, 4) is 5.69 Å². The van der Waals surface area contributed by atoms with Crippen LogP contribution < -0.4 is 5.46 Å². The first-order valence-corrected chi connectivity index (χ1v) is 8.11. The van der Waals surface area contributed by atoms with E-state index in [4.69, 9.17) is 9.31 Å². The van der Waals surface area contributed by atoms with Gasteiger partial charge in [-0.05, 0) is 51.4 Å². The van der Waals surface area contributed by atoms with Gasteiger partial charge in [-0.15, -0.1) is 0 Å². The minimum absolute atomic E-state index is 0.341. The summed E-state index contributed by atoms with van der Waals surface area (Å²) in [6, 6.07) is 9.98. The van der Waals surface area contributed by atoms with Crippen LogP contribution in [0.3, 0.4) is 0 Å². The van der Waals surface area contributed by atoms with E-state index in [0.29, 0.717) is 0 Å². The Bertz CT molecular complexity index is 874. The molecule has 6 heteroatoms. The van der Waals surface area contributed by atoms with Gasteiger partial charge in [-0.1, -0.05) is 12.1 Å². The molecule has 2 aromatic heterocycles. The molecule has 0 bridgehead atoms. The van der Waals surface area contributed by atoms with Crippen molar-refractivity contribution in [1.29, 1.82) is 0 Å². The maximum atomic E-state index is 6.13. The lowest BCUT2D eigenvalue weighted by atomic mass is 9.79. The number of nitrogens with zero attached hydrogens (tertiary/aromatic N) is 3. The molecule has 0 amide bonds. The highest BCUT2D eigenvalue weighted by molar-refractivity contribution is 6.62. The predicted molar refractivity (Wildman–Crippen MR) is 94.6 cm³/mol. The summed E-state index contributed by atoms with van der Waals surface area (Å²) in [6.07, 6.45) is 5.55. The van der Waals surface area contributed by atoms with Crippen LogP contribution in [-0.4, -0.2) is 33.1 Å². The Labute approximate surface area is 141 Å². The third kappa shape index (κ3) is 2.42. The molecule has 0 spiro atoms. The number of rotatable bonds is 2. The summed E-state index contributed by atoms with van der Waals surface area (Å²) in [6.45, 7) is 8.25. The van der Waals surface area contributed by atoms with E-state index in [1.54, 1.807) is 12.4 Å². The van der Waals surface area contributed by atoms with E-state index in [1.165, 1.54) is 0 Å². The summed E-state index contributed by atoms with van der Waals surface area (Å²) in [5, 5.41) is 5.65. The highest BCUT2D eigenvalue weighted by atomic mass is 16.7. The first-order chi connectivity index (χ1) is 11.4. The average Bonchev–Trinajstić information content (AvgIpc) is 3.06. The molecule has 4 rings (SSSR count). The maximum absolute atomic E-state index is 6.13. The van der Waals surface area contributed by atoms with Gasteiger partial charge in [0.25, 0.3) is 0 Å². The molecular weight excluding hydrogens is 301 g/mol. The molecule has 1 fully saturated rings. The van der Waals surface area contributed by atoms with Crippen LogP contribution in [0.25, 0.3) is 16.6 Å². The molecule has 24 heavy (non-hydrogen) atoms. The van der Waals surface area contributed by atoms with Gasteiger partial charge >= 0.3 is 7.12 Å². The molecule has 3 aromatic rings. The molecule has 1 saturated heterocycles. The summed E-state index contributed by atoms with van der Waals surface area (Å²) in [5.41, 5.74) is 2.19. The summed E-state index contributed by atoms with van der Waals surface area (Å²) in [4.78, 5) is 4.14. The van der Waals surface area contributed by atoms with Gasteiger partial charge < -0.3 is 9.31 Å². The smallest absolute Gasteiger partial charge is 0.399 e. The molecule has 3 heterocycles. The Morgan fingerprint density at radius 3 is 2.46 bits per heavy atom. The van der Waals surface area contributed by atoms with E-state index in [0.717, 1.165) is 22.1 Å². The van der Waals surface area contributed by atoms with E-state index in [9.17, 15) is 0 Å². The maximum Gasteiger partial charge on any atom is 0.494 e. The van der Waals surface area contributed by atoms with E-state index in [-0.39, 0.29) is 18.3 Å². The number of aromatic nitrogens is 3. The topological polar surface area (TPSA) is 49.2 Å². The second kappa shape index (κ2) is 5.16. The first kappa shape index (κ1) is 15.4. The number of benzene rings is 1. The second-order valence-corrected chi connectivity index (χ2v) is 7.19. The molecule has 0 atom stereocenters. The molecule has 122 valence electrons. The van der Waals surface area contributed by atoms with Crippen molar-refractivity contribution in [2.24, 2.45) is 0 Å². The molecular formula is C18H20BN3O2. The van der Waals surface area contributed by atoms with Crippen molar-refractivity contribution >= 4 is 23.5 Å². The van der Waals surface area contributed by atoms with Crippen LogP contribution in [0, 0.1) is 0 Å². The fraction of sp³-hybridized carbons (Fsp3) is 0.333. The SMILES string of the molecule is CC1(C)OB(c2ccc3nn(-c4cccnc4)cc3c2)OC1(C)C. The zero-order valence-corrected chi connectivity index (χ0v) is 14.4. The fourth-order valence-corrected chi connectivity index (χ4v) is 2.79. The average molecular weight is 321 g/mol. The van der Waals surface area contributed by atoms with Gasteiger partial charge in [0.15, 0.2) is 0 Å². The van der Waals surface area contributed by atoms with Gasteiger partial charge in [-0.2, -0.15) is 5.10 Å². The predicted octanol–water partition coefficient (Wildman–Crippen LogP) is 2.72. The third-order valence-corrected chi connectivity index (χ3v) is 4.96. The van der Waals surface area contributed by atoms with Gasteiger partial charge in [0, 0.05) is 17.8 Å². The van der Waals surface area contributed by atoms with Gasteiger partial charge in [-0.25, -0.2) is 4.68 Å². The van der Waals surface area contributed by atoms with Crippen molar-refractivity contribution < 1.29 is 9.31 Å². The van der Waals surface area contributed by atoms with E-state index in [1.807, 2.05) is 35.1 Å². The molecule has 0 saturated carbocycles. The fourth-order valence-electron chi connectivity index (χ4n) is 2.79. The molecule has 1 aromatic carbocycles. The van der Waals surface area contributed by atoms with Crippen molar-refractivity contribution in [2.75, 3.05) is 0 Å². The van der Waals surface area contributed by atoms with Gasteiger partial charge in [0.2, 0.25) is 0 Å². The van der Waals surface area contributed by atoms with Crippen molar-refractivity contribution in [3.63, 3.8) is 0 Å². The minimum atomic E-state index is -0.360. The van der Waals surface area contributed by atoms with E-state index >= 15 is 0 Å². The molecule has 1 aliphatic rings. The molecule has 1 aliphatic heterocycles. The normalized spacial score (nSPS) is 19.1. The summed E-state index contributed by atoms with van der Waals surface area (Å²) < 4.78 is 14.1. The van der Waals surface area contributed by atoms with Crippen molar-refractivity contribution in [3.05, 3.63) is 48.9 Å². The lowest BCUT2D eigenvalue weighted by molar-refractivity contribution is 0.00578. The van der Waals surface area contributed by atoms with E-state index in [2.05, 4.69) is 43.8 Å². The third-order valence-electron chi connectivity index (χ3n) is 4.96. The van der Waals surface area contributed by atoms with Crippen LogP contribution in [0.1, 0.15) is 27.7 Å². The minimum Gasteiger partial charge on any atom is -0.399 e. The largest absolute Gasteiger partial charge is 0.494 e. The van der Waals surface area contributed by atoms with Crippen LogP contribution in [0.15, 0.2) is 48.9 Å². The Hall–Kier alpha value is -2.18. The van der Waals surface area contributed by atoms with Crippen LogP contribution in [0.2, 0.25) is 0 Å². The van der Waals surface area contributed by atoms with Gasteiger partial charge in [0.05, 0.1) is 28.6 Å². The molecule has 5 nitrogen and oxygen atoms in total. The van der Waals surface area contributed by atoms with Crippen LogP contribution in [0.5, 0.6) is 0 Å². The summed E-state index contributed by atoms with van der Waals surface area (Å²) in [5.74, 6) is 0. The zero-order valence-electron chi connectivity index (χ0n) is 14.4. The van der Waals surface area contributed by atoms with Crippen molar-refractivity contribution in [1.82, 2.24) is 14.8 Å². The highest BCUT2D eigenvalue weighted by Crippen LogP contribution is 2.36. The summed E-state index contributed by atoms with van der Waals surface area (Å²) >= 11 is 0. The summed E-state index contributed by atoms with van der Waals surface area (Å²) in [7, 11) is -0.360. The van der Waals surface area contributed by atoms with E-state index < -0.39 is 0 Å². The number of hydrogen-bond donors (Lipinski definition) is 0. The monoisotopic (exact) mass is 321 g/mol. The van der Waals surface area contributed by atoms with Gasteiger partial charge in [-0.3, -0.25) is 4.98 Å². The quantitative estimate of drug-likeness (QED) is 0.681. The number of fused-ring (bicyclic) bond motifs is 1. The second-order valence-electron chi connectivity index (χ2n) is 7.19. The number of pyridine rings is 1. The zero-order chi connectivity index (χ0) is 16.9. The standard InChI is InChI=1S/C18H20BN3O2/c1-17(2)18(3,4)24-19(23-17)14-7-8-16-13(10-14)12-22(21-16)15-6-5-9-20-11-15/h5-12H,1-4H3. The molecule has 0 N–H and O–H groups in total. The lowest BCUT2D eigenvalue weighted by Gasteiger charge is -2.32. The Kier molecular flexibility index (Phi) is 3.30. The van der Waals surface area contributed by atoms with Gasteiger partial charge in [0.1, 0.15) is 0 Å². The lowest BCUT2D eigenvalue weighted by Crippen LogP contribution is -2.41. The van der Waals surface area contributed by atoms with Crippen molar-refractivity contribution in [2.45, 2.75) is 38.9 Å². The molecule has 0 unspecified atom stereocenters. The van der Waals surface area contributed by atoms with Crippen LogP contribution in [0.4, 0.5) is 0 Å². The Balaban J connectivity index is 1.70. The molecule has 0 radical (unpaired) electrons. The Morgan fingerprint density at radius 2 is 1.79 bits per heavy atom. The number of hydrogen-bond acceptors (Lipinski definition) is 4. The molecule has 0 aliphatic carbocycles. The first-order valence-electron chi connectivity index (χ1n) is 8.11. The van der Waals surface area contributed by atoms with Crippen LogP contribution in [-0.2, 0) is 9.31 Å². The Morgan fingerprint density at radius 1 is 1.04 bits per heavy atom. The highest BCUT2D eigenvalue weighted by Gasteiger charge is 2.51.